The van der Waals surface area contributed by atoms with Gasteiger partial charge in [-0.05, 0) is 34.7 Å². The van der Waals surface area contributed by atoms with Gasteiger partial charge in [-0.1, -0.05) is 74.5 Å². The third kappa shape index (κ3) is 4.70. The molecule has 3 aromatic carbocycles. The lowest BCUT2D eigenvalue weighted by atomic mass is 9.97. The highest BCUT2D eigenvalue weighted by molar-refractivity contribution is 5.95. The molecule has 6 heteroatoms. The van der Waals surface area contributed by atoms with Crippen LogP contribution in [0.3, 0.4) is 0 Å². The fourth-order valence-electron chi connectivity index (χ4n) is 4.64. The Bertz CT molecular complexity index is 1400. The fraction of sp³-hybridized carbons (Fsp3) is 0.241. The normalized spacial score (nSPS) is 14.4. The zero-order chi connectivity index (χ0) is 24.4. The van der Waals surface area contributed by atoms with Gasteiger partial charge in [-0.15, -0.1) is 0 Å². The molecule has 35 heavy (non-hydrogen) atoms. The second kappa shape index (κ2) is 9.76. The number of hydrogen-bond acceptors (Lipinski definition) is 6. The molecule has 1 aliphatic rings. The summed E-state index contributed by atoms with van der Waals surface area (Å²) in [5.41, 5.74) is 3.49. The van der Waals surface area contributed by atoms with Crippen molar-refractivity contribution in [1.29, 1.82) is 0 Å². The number of benzene rings is 3. The lowest BCUT2D eigenvalue weighted by Crippen LogP contribution is -2.48. The van der Waals surface area contributed by atoms with Crippen LogP contribution in [0, 0.1) is 5.92 Å². The van der Waals surface area contributed by atoms with E-state index in [1.165, 1.54) is 6.07 Å². The second-order valence-electron chi connectivity index (χ2n) is 9.07. The molecular formula is C29H27NO5. The molecule has 4 aromatic rings. The van der Waals surface area contributed by atoms with Gasteiger partial charge in [0.25, 0.3) is 0 Å². The molecule has 0 saturated carbocycles. The smallest absolute Gasteiger partial charge is 0.336 e. The topological polar surface area (TPSA) is 69.0 Å². The van der Waals surface area contributed by atoms with Crippen LogP contribution in [0.5, 0.6) is 5.75 Å². The quantitative estimate of drug-likeness (QED) is 0.279. The molecule has 0 N–H and O–H groups in total. The second-order valence-corrected chi connectivity index (χ2v) is 9.07. The molecule has 6 nitrogen and oxygen atoms in total. The van der Waals surface area contributed by atoms with Crippen molar-refractivity contribution in [2.75, 3.05) is 6.73 Å². The van der Waals surface area contributed by atoms with Crippen molar-refractivity contribution in [2.24, 2.45) is 5.92 Å². The summed E-state index contributed by atoms with van der Waals surface area (Å²) in [6.07, 6.45) is 0. The van der Waals surface area contributed by atoms with E-state index in [9.17, 15) is 9.59 Å². The minimum absolute atomic E-state index is 0.00899. The molecule has 0 radical (unpaired) electrons. The summed E-state index contributed by atoms with van der Waals surface area (Å²) < 4.78 is 17.4. The van der Waals surface area contributed by atoms with E-state index in [1.54, 1.807) is 0 Å². The van der Waals surface area contributed by atoms with Crippen molar-refractivity contribution in [3.63, 3.8) is 0 Å². The van der Waals surface area contributed by atoms with Gasteiger partial charge in [0.15, 0.2) is 0 Å². The van der Waals surface area contributed by atoms with Crippen LogP contribution in [-0.4, -0.2) is 23.6 Å². The number of carbonyl (C=O) groups is 1. The summed E-state index contributed by atoms with van der Waals surface area (Å²) in [4.78, 5) is 27.6. The van der Waals surface area contributed by atoms with Gasteiger partial charge in [-0.3, -0.25) is 9.69 Å². The number of hydrogen-bond donors (Lipinski definition) is 0. The molecule has 178 valence electrons. The van der Waals surface area contributed by atoms with Crippen molar-refractivity contribution in [3.8, 4) is 16.9 Å². The SMILES string of the molecule is CC(C)[C@@H](C(=O)OCc1ccccc1)N1COc2ccc3c(-c4ccccc4)cc(=O)oc3c2C1. The maximum absolute atomic E-state index is 13.1. The minimum Gasteiger partial charge on any atom is -0.478 e. The van der Waals surface area contributed by atoms with E-state index in [1.807, 2.05) is 91.5 Å². The number of carbonyl (C=O) groups excluding carboxylic acids is 1. The van der Waals surface area contributed by atoms with E-state index in [0.29, 0.717) is 17.9 Å². The van der Waals surface area contributed by atoms with Crippen molar-refractivity contribution in [1.82, 2.24) is 4.90 Å². The lowest BCUT2D eigenvalue weighted by molar-refractivity contribution is -0.155. The van der Waals surface area contributed by atoms with Crippen molar-refractivity contribution in [3.05, 3.63) is 100 Å². The molecule has 0 spiro atoms. The molecule has 0 amide bonds. The molecule has 1 aromatic heterocycles. The first kappa shape index (κ1) is 22.9. The lowest BCUT2D eigenvalue weighted by Gasteiger charge is -2.36. The molecule has 1 aliphatic heterocycles. The van der Waals surface area contributed by atoms with E-state index in [0.717, 1.165) is 27.6 Å². The van der Waals surface area contributed by atoms with E-state index in [-0.39, 0.29) is 25.2 Å². The van der Waals surface area contributed by atoms with Gasteiger partial charge in [0.2, 0.25) is 0 Å². The van der Waals surface area contributed by atoms with Crippen LogP contribution >= 0.6 is 0 Å². The van der Waals surface area contributed by atoms with Gasteiger partial charge >= 0.3 is 11.6 Å². The van der Waals surface area contributed by atoms with Crippen LogP contribution in [-0.2, 0) is 22.7 Å². The highest BCUT2D eigenvalue weighted by Crippen LogP contribution is 2.37. The van der Waals surface area contributed by atoms with Gasteiger partial charge in [0.1, 0.15) is 30.7 Å². The van der Waals surface area contributed by atoms with Crippen molar-refractivity contribution < 1.29 is 18.7 Å². The highest BCUT2D eigenvalue weighted by atomic mass is 16.5. The molecule has 5 rings (SSSR count). The van der Waals surface area contributed by atoms with Gasteiger partial charge in [-0.25, -0.2) is 4.79 Å². The molecule has 0 unspecified atom stereocenters. The monoisotopic (exact) mass is 469 g/mol. The summed E-state index contributed by atoms with van der Waals surface area (Å²) in [6.45, 7) is 4.83. The molecule has 0 bridgehead atoms. The largest absolute Gasteiger partial charge is 0.478 e. The number of rotatable bonds is 6. The van der Waals surface area contributed by atoms with Crippen LogP contribution in [0.25, 0.3) is 22.1 Å². The standard InChI is InChI=1S/C29H27NO5/c1-19(2)27(29(32)33-17-20-9-5-3-6-10-20)30-16-24-25(34-18-30)14-13-22-23(15-26(31)35-28(22)24)21-11-7-4-8-12-21/h3-15,19,27H,16-18H2,1-2H3/t27-/m0/s1. The van der Waals surface area contributed by atoms with E-state index < -0.39 is 11.7 Å². The Morgan fingerprint density at radius 3 is 2.43 bits per heavy atom. The minimum atomic E-state index is -0.508. The number of nitrogens with zero attached hydrogens (tertiary/aromatic N) is 1. The summed E-state index contributed by atoms with van der Waals surface area (Å²) in [5.74, 6) is 0.343. The molecular weight excluding hydrogens is 442 g/mol. The van der Waals surface area contributed by atoms with Gasteiger partial charge < -0.3 is 13.9 Å². The van der Waals surface area contributed by atoms with Gasteiger partial charge in [0, 0.05) is 18.0 Å². The van der Waals surface area contributed by atoms with E-state index in [2.05, 4.69) is 0 Å². The van der Waals surface area contributed by atoms with Crippen LogP contribution in [0.2, 0.25) is 0 Å². The Labute approximate surface area is 203 Å². The Morgan fingerprint density at radius 2 is 1.71 bits per heavy atom. The molecule has 2 heterocycles. The third-order valence-corrected chi connectivity index (χ3v) is 6.29. The number of fused-ring (bicyclic) bond motifs is 3. The van der Waals surface area contributed by atoms with Gasteiger partial charge in [0.05, 0.1) is 5.56 Å². The van der Waals surface area contributed by atoms with Crippen LogP contribution in [0.4, 0.5) is 0 Å². The Hall–Kier alpha value is -3.90. The van der Waals surface area contributed by atoms with Crippen LogP contribution < -0.4 is 10.4 Å². The number of esters is 1. The zero-order valence-electron chi connectivity index (χ0n) is 19.8. The van der Waals surface area contributed by atoms with Crippen LogP contribution in [0.15, 0.2) is 88.1 Å². The maximum Gasteiger partial charge on any atom is 0.336 e. The summed E-state index contributed by atoms with van der Waals surface area (Å²) in [5, 5.41) is 0.827. The first-order valence-electron chi connectivity index (χ1n) is 11.7. The first-order valence-corrected chi connectivity index (χ1v) is 11.7. The average Bonchev–Trinajstić information content (AvgIpc) is 2.88. The predicted molar refractivity (Wildman–Crippen MR) is 134 cm³/mol. The van der Waals surface area contributed by atoms with E-state index >= 15 is 0 Å². The maximum atomic E-state index is 13.1. The van der Waals surface area contributed by atoms with Crippen molar-refractivity contribution in [2.45, 2.75) is 33.0 Å². The molecule has 0 saturated heterocycles. The van der Waals surface area contributed by atoms with Gasteiger partial charge in [-0.2, -0.15) is 0 Å². The fourth-order valence-corrected chi connectivity index (χ4v) is 4.64. The Balaban J connectivity index is 1.47. The predicted octanol–water partition coefficient (Wildman–Crippen LogP) is 5.38. The molecule has 1 atom stereocenters. The van der Waals surface area contributed by atoms with Crippen molar-refractivity contribution >= 4 is 16.9 Å². The zero-order valence-corrected chi connectivity index (χ0v) is 19.8. The molecule has 0 fully saturated rings. The average molecular weight is 470 g/mol. The van der Waals surface area contributed by atoms with Crippen LogP contribution in [0.1, 0.15) is 25.0 Å². The van der Waals surface area contributed by atoms with E-state index in [4.69, 9.17) is 13.9 Å². The molecule has 0 aliphatic carbocycles. The summed E-state index contributed by atoms with van der Waals surface area (Å²) in [6, 6.07) is 24.2. The summed E-state index contributed by atoms with van der Waals surface area (Å²) >= 11 is 0. The Morgan fingerprint density at radius 1 is 1.00 bits per heavy atom. The summed E-state index contributed by atoms with van der Waals surface area (Å²) in [7, 11) is 0. The third-order valence-electron chi connectivity index (χ3n) is 6.29. The highest BCUT2D eigenvalue weighted by Gasteiger charge is 2.34. The first-order chi connectivity index (χ1) is 17.0. The Kier molecular flexibility index (Phi) is 6.38. The number of ether oxygens (including phenoxy) is 2.